The van der Waals surface area contributed by atoms with Crippen LogP contribution in [-0.4, -0.2) is 62.4 Å². The van der Waals surface area contributed by atoms with Crippen molar-refractivity contribution in [2.45, 2.75) is 25.9 Å². The number of halogens is 2. The molecule has 1 aliphatic carbocycles. The van der Waals surface area contributed by atoms with Crippen LogP contribution in [0.4, 0.5) is 8.78 Å². The minimum atomic E-state index is -3.08. The summed E-state index contributed by atoms with van der Waals surface area (Å²) in [5.74, 6) is 0.622. The molecule has 1 saturated carbocycles. The largest absolute Gasteiger partial charge is 0.496 e. The number of ether oxygens (including phenoxy) is 5. The molecule has 1 fully saturated rings. The second kappa shape index (κ2) is 11.5. The van der Waals surface area contributed by atoms with Crippen LogP contribution >= 0.6 is 0 Å². The Morgan fingerprint density at radius 1 is 1.11 bits per heavy atom. The zero-order valence-corrected chi connectivity index (χ0v) is 19.7. The Morgan fingerprint density at radius 2 is 1.89 bits per heavy atom. The van der Waals surface area contributed by atoms with Crippen molar-refractivity contribution in [1.82, 2.24) is 9.38 Å². The maximum atomic E-state index is 13.2. The lowest BCUT2D eigenvalue weighted by molar-refractivity contribution is -0.0502. The van der Waals surface area contributed by atoms with Crippen LogP contribution in [0.25, 0.3) is 16.9 Å². The lowest BCUT2D eigenvalue weighted by Crippen LogP contribution is -2.11. The number of Topliss-reactive ketones (excluding diaryl/α,β-unsaturated/α-hetero) is 1. The number of hydrogen-bond donors (Lipinski definition) is 0. The van der Waals surface area contributed by atoms with E-state index in [1.807, 2.05) is 0 Å². The highest BCUT2D eigenvalue weighted by molar-refractivity contribution is 6.02. The number of imidazole rings is 1. The van der Waals surface area contributed by atoms with Gasteiger partial charge in [0.15, 0.2) is 5.78 Å². The smallest absolute Gasteiger partial charge is 0.387 e. The van der Waals surface area contributed by atoms with Gasteiger partial charge in [0.05, 0.1) is 38.8 Å². The van der Waals surface area contributed by atoms with E-state index in [0.29, 0.717) is 55.0 Å². The second-order valence-corrected chi connectivity index (χ2v) is 8.19. The third kappa shape index (κ3) is 6.26. The summed E-state index contributed by atoms with van der Waals surface area (Å²) in [4.78, 5) is 17.2. The van der Waals surface area contributed by atoms with Crippen LogP contribution < -0.4 is 14.2 Å². The van der Waals surface area contributed by atoms with Gasteiger partial charge < -0.3 is 23.7 Å². The molecule has 0 spiro atoms. The number of rotatable bonds is 14. The number of ketones is 1. The van der Waals surface area contributed by atoms with Gasteiger partial charge in [0, 0.05) is 31.4 Å². The molecule has 0 N–H and O–H groups in total. The van der Waals surface area contributed by atoms with E-state index in [2.05, 4.69) is 4.98 Å². The van der Waals surface area contributed by atoms with Crippen molar-refractivity contribution < 1.29 is 37.3 Å². The van der Waals surface area contributed by atoms with E-state index >= 15 is 0 Å². The van der Waals surface area contributed by atoms with Crippen LogP contribution in [0.1, 0.15) is 29.6 Å². The molecule has 4 rings (SSSR count). The summed E-state index contributed by atoms with van der Waals surface area (Å²) in [5.41, 5.74) is 1.78. The summed E-state index contributed by atoms with van der Waals surface area (Å²) < 4.78 is 54.4. The molecule has 0 atom stereocenters. The number of alkyl halides is 2. The van der Waals surface area contributed by atoms with Crippen LogP contribution in [0.15, 0.2) is 36.7 Å². The monoisotopic (exact) mass is 490 g/mol. The van der Waals surface area contributed by atoms with Gasteiger partial charge in [0.1, 0.15) is 35.1 Å². The zero-order chi connectivity index (χ0) is 24.8. The summed E-state index contributed by atoms with van der Waals surface area (Å²) in [6.45, 7) is -1.27. The quantitative estimate of drug-likeness (QED) is 0.241. The van der Waals surface area contributed by atoms with E-state index in [-0.39, 0.29) is 29.3 Å². The summed E-state index contributed by atoms with van der Waals surface area (Å²) in [6, 6.07) is 6.61. The number of carbonyl (C=O) groups is 1. The standard InChI is InChI=1S/C25H28F2N2O6/c1-31-7-8-33-9-10-34-18-5-6-29-19(15-28-23(29)14-18)17-12-21(32-2)24(20(30)11-16-3-4-16)22(13-17)35-25(26)27/h5-6,12-16,25H,3-4,7-11H2,1-2H3. The van der Waals surface area contributed by atoms with Crippen molar-refractivity contribution in [3.05, 3.63) is 42.2 Å². The molecular weight excluding hydrogens is 462 g/mol. The van der Waals surface area contributed by atoms with Gasteiger partial charge in [-0.2, -0.15) is 8.78 Å². The molecule has 1 aromatic carbocycles. The Balaban J connectivity index is 1.59. The van der Waals surface area contributed by atoms with Crippen molar-refractivity contribution in [2.24, 2.45) is 5.92 Å². The lowest BCUT2D eigenvalue weighted by atomic mass is 10.00. The van der Waals surface area contributed by atoms with Crippen molar-refractivity contribution in [3.63, 3.8) is 0 Å². The first kappa shape index (κ1) is 24.9. The molecule has 35 heavy (non-hydrogen) atoms. The maximum Gasteiger partial charge on any atom is 0.387 e. The Bertz CT molecular complexity index is 1160. The minimum absolute atomic E-state index is 0.0423. The normalized spacial score (nSPS) is 13.4. The van der Waals surface area contributed by atoms with E-state index in [9.17, 15) is 13.6 Å². The van der Waals surface area contributed by atoms with Gasteiger partial charge in [-0.3, -0.25) is 9.20 Å². The van der Waals surface area contributed by atoms with Gasteiger partial charge >= 0.3 is 6.61 Å². The Morgan fingerprint density at radius 3 is 2.60 bits per heavy atom. The SMILES string of the molecule is COCCOCCOc1ccn2c(-c3cc(OC)c(C(=O)CC4CC4)c(OC(F)F)c3)cnc2c1. The van der Waals surface area contributed by atoms with Crippen LogP contribution in [-0.2, 0) is 9.47 Å². The van der Waals surface area contributed by atoms with E-state index < -0.39 is 6.61 Å². The third-order valence-electron chi connectivity index (χ3n) is 5.66. The topological polar surface area (TPSA) is 80.5 Å². The molecule has 0 radical (unpaired) electrons. The Kier molecular flexibility index (Phi) is 8.14. The predicted molar refractivity (Wildman–Crippen MR) is 124 cm³/mol. The van der Waals surface area contributed by atoms with Gasteiger partial charge in [-0.1, -0.05) is 0 Å². The molecule has 0 saturated heterocycles. The van der Waals surface area contributed by atoms with E-state index in [4.69, 9.17) is 23.7 Å². The van der Waals surface area contributed by atoms with Crippen molar-refractivity contribution in [3.8, 4) is 28.5 Å². The van der Waals surface area contributed by atoms with Crippen LogP contribution in [0.2, 0.25) is 0 Å². The van der Waals surface area contributed by atoms with E-state index in [1.165, 1.54) is 13.2 Å². The zero-order valence-electron chi connectivity index (χ0n) is 19.7. The number of nitrogens with zero attached hydrogens (tertiary/aromatic N) is 2. The van der Waals surface area contributed by atoms with Gasteiger partial charge in [-0.05, 0) is 37.0 Å². The van der Waals surface area contributed by atoms with Crippen molar-refractivity contribution >= 4 is 11.4 Å². The molecule has 2 heterocycles. The highest BCUT2D eigenvalue weighted by atomic mass is 19.3. The van der Waals surface area contributed by atoms with Crippen molar-refractivity contribution in [1.29, 1.82) is 0 Å². The van der Waals surface area contributed by atoms with Gasteiger partial charge in [0.25, 0.3) is 0 Å². The molecule has 0 unspecified atom stereocenters. The van der Waals surface area contributed by atoms with Crippen LogP contribution in [0.3, 0.4) is 0 Å². The lowest BCUT2D eigenvalue weighted by Gasteiger charge is -2.16. The van der Waals surface area contributed by atoms with E-state index in [0.717, 1.165) is 12.8 Å². The van der Waals surface area contributed by atoms with Crippen molar-refractivity contribution in [2.75, 3.05) is 40.6 Å². The first-order valence-electron chi connectivity index (χ1n) is 11.4. The summed E-state index contributed by atoms with van der Waals surface area (Å²) in [6.07, 6.45) is 5.59. The van der Waals surface area contributed by atoms with Gasteiger partial charge in [-0.25, -0.2) is 4.98 Å². The number of methoxy groups -OCH3 is 2. The first-order valence-corrected chi connectivity index (χ1v) is 11.4. The molecule has 2 aromatic heterocycles. The average molecular weight is 491 g/mol. The molecule has 188 valence electrons. The molecular formula is C25H28F2N2O6. The average Bonchev–Trinajstić information content (AvgIpc) is 3.55. The molecule has 10 heteroatoms. The number of hydrogen-bond acceptors (Lipinski definition) is 7. The molecule has 3 aromatic rings. The summed E-state index contributed by atoms with van der Waals surface area (Å²) >= 11 is 0. The number of aromatic nitrogens is 2. The van der Waals surface area contributed by atoms with Crippen LogP contribution in [0.5, 0.6) is 17.2 Å². The number of pyridine rings is 1. The molecule has 0 amide bonds. The predicted octanol–water partition coefficient (Wildman–Crippen LogP) is 4.64. The highest BCUT2D eigenvalue weighted by Crippen LogP contribution is 2.40. The third-order valence-corrected chi connectivity index (χ3v) is 5.66. The fraction of sp³-hybridized carbons (Fsp3) is 0.440. The molecule has 0 bridgehead atoms. The van der Waals surface area contributed by atoms with Crippen LogP contribution in [0, 0.1) is 5.92 Å². The Labute approximate surface area is 201 Å². The highest BCUT2D eigenvalue weighted by Gasteiger charge is 2.29. The molecule has 1 aliphatic rings. The van der Waals surface area contributed by atoms with Gasteiger partial charge in [-0.15, -0.1) is 0 Å². The Hall–Kier alpha value is -3.24. The number of fused-ring (bicyclic) bond motifs is 1. The summed E-state index contributed by atoms with van der Waals surface area (Å²) in [5, 5.41) is 0. The fourth-order valence-electron chi connectivity index (χ4n) is 3.78. The fourth-order valence-corrected chi connectivity index (χ4v) is 3.78. The maximum absolute atomic E-state index is 13.2. The first-order chi connectivity index (χ1) is 17.0. The van der Waals surface area contributed by atoms with E-state index in [1.54, 1.807) is 42.1 Å². The van der Waals surface area contributed by atoms with Gasteiger partial charge in [0.2, 0.25) is 0 Å². The minimum Gasteiger partial charge on any atom is -0.496 e. The molecule has 8 nitrogen and oxygen atoms in total. The number of carbonyl (C=O) groups excluding carboxylic acids is 1. The number of benzene rings is 1. The summed E-state index contributed by atoms with van der Waals surface area (Å²) in [7, 11) is 3.01. The molecule has 0 aliphatic heterocycles. The second-order valence-electron chi connectivity index (χ2n) is 8.19.